The summed E-state index contributed by atoms with van der Waals surface area (Å²) < 4.78 is 7.95. The number of likely N-dealkylation sites (tertiary alicyclic amines) is 1. The predicted octanol–water partition coefficient (Wildman–Crippen LogP) is 3.47. The number of carbonyl (C=O) groups excluding carboxylic acids is 1. The highest BCUT2D eigenvalue weighted by Crippen LogP contribution is 2.40. The molecule has 1 saturated carbocycles. The fourth-order valence-corrected chi connectivity index (χ4v) is 4.34. The summed E-state index contributed by atoms with van der Waals surface area (Å²) in [7, 11) is 1.86. The number of hydrogen-bond donors (Lipinski definition) is 0. The fourth-order valence-electron chi connectivity index (χ4n) is 4.34. The van der Waals surface area contributed by atoms with Crippen molar-refractivity contribution in [3.05, 3.63) is 47.8 Å². The van der Waals surface area contributed by atoms with Gasteiger partial charge in [0, 0.05) is 26.1 Å². The van der Waals surface area contributed by atoms with Gasteiger partial charge in [0.25, 0.3) is 5.91 Å². The molecule has 0 unspecified atom stereocenters. The van der Waals surface area contributed by atoms with Crippen molar-refractivity contribution in [3.63, 3.8) is 0 Å². The van der Waals surface area contributed by atoms with Gasteiger partial charge in [0.2, 0.25) is 0 Å². The normalized spacial score (nSPS) is 24.9. The zero-order chi connectivity index (χ0) is 18.3. The van der Waals surface area contributed by atoms with Crippen LogP contribution in [0.5, 0.6) is 5.75 Å². The minimum absolute atomic E-state index is 0.0970. The highest BCUT2D eigenvalue weighted by molar-refractivity contribution is 5.93. The van der Waals surface area contributed by atoms with E-state index >= 15 is 0 Å². The molecular formula is C21H27N3O2. The van der Waals surface area contributed by atoms with Gasteiger partial charge in [-0.3, -0.25) is 9.48 Å². The second kappa shape index (κ2) is 6.78. The third-order valence-electron chi connectivity index (χ3n) is 5.82. The van der Waals surface area contributed by atoms with Crippen molar-refractivity contribution in [2.75, 3.05) is 13.1 Å². The lowest BCUT2D eigenvalue weighted by Gasteiger charge is -2.22. The molecule has 2 aromatic rings. The molecule has 1 aliphatic heterocycles. The molecule has 3 atom stereocenters. The number of rotatable bonds is 4. The van der Waals surface area contributed by atoms with Crippen molar-refractivity contribution >= 4 is 5.91 Å². The van der Waals surface area contributed by atoms with Gasteiger partial charge in [-0.2, -0.15) is 5.10 Å². The third-order valence-corrected chi connectivity index (χ3v) is 5.82. The summed E-state index contributed by atoms with van der Waals surface area (Å²) in [4.78, 5) is 15.0. The summed E-state index contributed by atoms with van der Waals surface area (Å²) >= 11 is 0. The maximum Gasteiger partial charge on any atom is 0.272 e. The first-order chi connectivity index (χ1) is 12.5. The molecule has 0 bridgehead atoms. The van der Waals surface area contributed by atoms with Crippen LogP contribution in [0.1, 0.15) is 48.8 Å². The first-order valence-corrected chi connectivity index (χ1v) is 9.58. The van der Waals surface area contributed by atoms with Crippen molar-refractivity contribution in [2.45, 2.75) is 38.7 Å². The molecule has 26 heavy (non-hydrogen) atoms. The number of benzene rings is 1. The van der Waals surface area contributed by atoms with E-state index in [2.05, 4.69) is 18.9 Å². The van der Waals surface area contributed by atoms with E-state index in [0.29, 0.717) is 23.4 Å². The van der Waals surface area contributed by atoms with Gasteiger partial charge in [0.15, 0.2) is 0 Å². The number of aromatic nitrogens is 2. The largest absolute Gasteiger partial charge is 0.490 e. The molecule has 1 aromatic heterocycles. The number of carbonyl (C=O) groups is 1. The van der Waals surface area contributed by atoms with Crippen LogP contribution in [0.2, 0.25) is 0 Å². The molecule has 0 spiro atoms. The number of fused-ring (bicyclic) bond motifs is 1. The maximum absolute atomic E-state index is 13.0. The van der Waals surface area contributed by atoms with Crippen LogP contribution in [0, 0.1) is 11.8 Å². The minimum Gasteiger partial charge on any atom is -0.490 e. The molecule has 2 fully saturated rings. The molecule has 5 heteroatoms. The Morgan fingerprint density at radius 1 is 1.19 bits per heavy atom. The zero-order valence-electron chi connectivity index (χ0n) is 15.8. The Morgan fingerprint density at radius 3 is 2.65 bits per heavy atom. The van der Waals surface area contributed by atoms with Gasteiger partial charge in [0.1, 0.15) is 17.5 Å². The molecule has 2 heterocycles. The number of amides is 1. The molecule has 138 valence electrons. The molecule has 1 aliphatic carbocycles. The van der Waals surface area contributed by atoms with E-state index in [-0.39, 0.29) is 12.0 Å². The van der Waals surface area contributed by atoms with Crippen LogP contribution >= 0.6 is 0 Å². The summed E-state index contributed by atoms with van der Waals surface area (Å²) in [5, 5.41) is 4.49. The number of ether oxygens (including phenoxy) is 1. The molecule has 0 radical (unpaired) electrons. The Morgan fingerprint density at radius 2 is 1.96 bits per heavy atom. The van der Waals surface area contributed by atoms with Crippen LogP contribution in [0.4, 0.5) is 0 Å². The lowest BCUT2D eigenvalue weighted by molar-refractivity contribution is 0.0751. The Labute approximate surface area is 154 Å². The molecule has 4 rings (SSSR count). The Bertz CT molecular complexity index is 784. The van der Waals surface area contributed by atoms with Crippen LogP contribution < -0.4 is 4.74 Å². The predicted molar refractivity (Wildman–Crippen MR) is 100 cm³/mol. The number of aryl methyl sites for hydroxylation is 1. The second-order valence-electron chi connectivity index (χ2n) is 7.91. The standard InChI is InChI=1S/C21H27N3O2/c1-14(2)18-11-19(23(3)22-18)21(25)24-12-15-9-10-20(17(15)13-24)26-16-7-5-4-6-8-16/h4-8,11,14-15,17,20H,9-10,12-13H2,1-3H3/t15-,17+,20-/m0/s1. The molecule has 5 nitrogen and oxygen atoms in total. The second-order valence-corrected chi connectivity index (χ2v) is 7.91. The average Bonchev–Trinajstić information content (AvgIpc) is 3.31. The van der Waals surface area contributed by atoms with Crippen molar-refractivity contribution in [1.29, 1.82) is 0 Å². The lowest BCUT2D eigenvalue weighted by Crippen LogP contribution is -2.33. The van der Waals surface area contributed by atoms with Crippen LogP contribution in [0.25, 0.3) is 0 Å². The van der Waals surface area contributed by atoms with Gasteiger partial charge >= 0.3 is 0 Å². The highest BCUT2D eigenvalue weighted by Gasteiger charge is 2.45. The summed E-state index contributed by atoms with van der Waals surface area (Å²) in [5.41, 5.74) is 1.66. The van der Waals surface area contributed by atoms with Crippen LogP contribution in [-0.4, -0.2) is 39.8 Å². The van der Waals surface area contributed by atoms with Gasteiger partial charge in [-0.05, 0) is 42.9 Å². The Kier molecular flexibility index (Phi) is 4.47. The molecule has 1 amide bonds. The summed E-state index contributed by atoms with van der Waals surface area (Å²) in [5.74, 6) is 2.32. The Balaban J connectivity index is 1.45. The summed E-state index contributed by atoms with van der Waals surface area (Å²) in [6.07, 6.45) is 2.42. The quantitative estimate of drug-likeness (QED) is 0.845. The molecule has 2 aliphatic rings. The first-order valence-electron chi connectivity index (χ1n) is 9.58. The summed E-state index contributed by atoms with van der Waals surface area (Å²) in [6, 6.07) is 12.0. The van der Waals surface area contributed by atoms with E-state index in [1.165, 1.54) is 0 Å². The fraction of sp³-hybridized carbons (Fsp3) is 0.524. The van der Waals surface area contributed by atoms with E-state index in [0.717, 1.165) is 37.4 Å². The number of hydrogen-bond acceptors (Lipinski definition) is 3. The van der Waals surface area contributed by atoms with E-state index in [4.69, 9.17) is 4.74 Å². The molecular weight excluding hydrogens is 326 g/mol. The van der Waals surface area contributed by atoms with Crippen LogP contribution in [0.15, 0.2) is 36.4 Å². The van der Waals surface area contributed by atoms with Gasteiger partial charge in [-0.25, -0.2) is 0 Å². The van der Waals surface area contributed by atoms with Crippen molar-refractivity contribution < 1.29 is 9.53 Å². The molecule has 0 N–H and O–H groups in total. The number of nitrogens with zero attached hydrogens (tertiary/aromatic N) is 3. The van der Waals surface area contributed by atoms with Crippen molar-refractivity contribution in [3.8, 4) is 5.75 Å². The smallest absolute Gasteiger partial charge is 0.272 e. The van der Waals surface area contributed by atoms with E-state index in [9.17, 15) is 4.79 Å². The van der Waals surface area contributed by atoms with Crippen molar-refractivity contribution in [1.82, 2.24) is 14.7 Å². The third kappa shape index (κ3) is 3.11. The highest BCUT2D eigenvalue weighted by atomic mass is 16.5. The van der Waals surface area contributed by atoms with Crippen molar-refractivity contribution in [2.24, 2.45) is 18.9 Å². The molecule has 1 saturated heterocycles. The minimum atomic E-state index is 0.0970. The van der Waals surface area contributed by atoms with E-state index in [1.807, 2.05) is 48.3 Å². The Hall–Kier alpha value is -2.30. The molecule has 1 aromatic carbocycles. The first kappa shape index (κ1) is 17.1. The monoisotopic (exact) mass is 353 g/mol. The average molecular weight is 353 g/mol. The van der Waals surface area contributed by atoms with Crippen LogP contribution in [0.3, 0.4) is 0 Å². The van der Waals surface area contributed by atoms with Gasteiger partial charge < -0.3 is 9.64 Å². The maximum atomic E-state index is 13.0. The SMILES string of the molecule is CC(C)c1cc(C(=O)N2C[C@@H]3CC[C@H](Oc4ccccc4)[C@@H]3C2)n(C)n1. The van der Waals surface area contributed by atoms with E-state index in [1.54, 1.807) is 4.68 Å². The lowest BCUT2D eigenvalue weighted by atomic mass is 9.99. The van der Waals surface area contributed by atoms with Gasteiger partial charge in [-0.15, -0.1) is 0 Å². The van der Waals surface area contributed by atoms with Gasteiger partial charge in [0.05, 0.1) is 5.69 Å². The van der Waals surface area contributed by atoms with E-state index < -0.39 is 0 Å². The topological polar surface area (TPSA) is 47.4 Å². The summed E-state index contributed by atoms with van der Waals surface area (Å²) in [6.45, 7) is 5.81. The number of para-hydroxylation sites is 1. The van der Waals surface area contributed by atoms with Crippen LogP contribution in [-0.2, 0) is 7.05 Å². The van der Waals surface area contributed by atoms with Gasteiger partial charge in [-0.1, -0.05) is 32.0 Å². The zero-order valence-corrected chi connectivity index (χ0v) is 15.8.